The number of benzene rings is 1. The highest BCUT2D eigenvalue weighted by atomic mass is 31.2. The van der Waals surface area contributed by atoms with Gasteiger partial charge in [-0.1, -0.05) is 51.1 Å². The molecular weight excluding hydrogens is 285 g/mol. The summed E-state index contributed by atoms with van der Waals surface area (Å²) in [5.74, 6) is 0. The van der Waals surface area contributed by atoms with E-state index in [0.717, 1.165) is 11.3 Å². The van der Waals surface area contributed by atoms with Gasteiger partial charge in [-0.05, 0) is 19.4 Å². The SMILES string of the molecule is CCOP(=O)(C/N=C(/c1ccccc1)C(C)(C)C)OCC. The number of nitrogens with zero attached hydrogens (tertiary/aromatic N) is 1. The predicted molar refractivity (Wildman–Crippen MR) is 88.2 cm³/mol. The molecule has 0 aliphatic carbocycles. The molecule has 0 spiro atoms. The van der Waals surface area contributed by atoms with Crippen molar-refractivity contribution in [3.8, 4) is 0 Å². The van der Waals surface area contributed by atoms with Crippen LogP contribution in [0.2, 0.25) is 0 Å². The summed E-state index contributed by atoms with van der Waals surface area (Å²) in [6.45, 7) is 10.6. The average Bonchev–Trinajstić information content (AvgIpc) is 2.39. The molecule has 0 unspecified atom stereocenters. The maximum atomic E-state index is 12.5. The Balaban J connectivity index is 3.07. The van der Waals surface area contributed by atoms with Crippen molar-refractivity contribution in [1.82, 2.24) is 0 Å². The topological polar surface area (TPSA) is 47.9 Å². The van der Waals surface area contributed by atoms with Crippen LogP contribution in [-0.4, -0.2) is 25.2 Å². The average molecular weight is 311 g/mol. The summed E-state index contributed by atoms with van der Waals surface area (Å²) in [4.78, 5) is 4.58. The minimum atomic E-state index is -3.15. The summed E-state index contributed by atoms with van der Waals surface area (Å²) in [6, 6.07) is 9.93. The van der Waals surface area contributed by atoms with Crippen molar-refractivity contribution >= 4 is 13.3 Å². The van der Waals surface area contributed by atoms with E-state index in [9.17, 15) is 4.57 Å². The highest BCUT2D eigenvalue weighted by Crippen LogP contribution is 2.48. The molecule has 0 heterocycles. The number of hydrogen-bond acceptors (Lipinski definition) is 4. The third-order valence-corrected chi connectivity index (χ3v) is 4.60. The number of hydrogen-bond donors (Lipinski definition) is 0. The Morgan fingerprint density at radius 3 is 2.05 bits per heavy atom. The van der Waals surface area contributed by atoms with E-state index in [1.165, 1.54) is 0 Å². The molecule has 1 rings (SSSR count). The summed E-state index contributed by atoms with van der Waals surface area (Å²) in [6.07, 6.45) is 0.0518. The molecular formula is C16H26NO3P. The smallest absolute Gasteiger partial charge is 0.308 e. The minimum absolute atomic E-state index is 0.0518. The maximum absolute atomic E-state index is 12.5. The van der Waals surface area contributed by atoms with Crippen molar-refractivity contribution in [2.24, 2.45) is 10.4 Å². The van der Waals surface area contributed by atoms with E-state index in [4.69, 9.17) is 9.05 Å². The van der Waals surface area contributed by atoms with Crippen molar-refractivity contribution in [3.63, 3.8) is 0 Å². The molecule has 0 aliphatic rings. The lowest BCUT2D eigenvalue weighted by Crippen LogP contribution is -2.22. The van der Waals surface area contributed by atoms with Crippen LogP contribution in [0.25, 0.3) is 0 Å². The van der Waals surface area contributed by atoms with E-state index in [0.29, 0.717) is 13.2 Å². The van der Waals surface area contributed by atoms with Crippen LogP contribution in [0.15, 0.2) is 35.3 Å². The van der Waals surface area contributed by atoms with Gasteiger partial charge >= 0.3 is 7.60 Å². The van der Waals surface area contributed by atoms with Gasteiger partial charge in [0.15, 0.2) is 0 Å². The first-order valence-corrected chi connectivity index (χ1v) is 9.03. The molecule has 1 aromatic rings. The van der Waals surface area contributed by atoms with E-state index >= 15 is 0 Å². The third kappa shape index (κ3) is 5.74. The first kappa shape index (κ1) is 18.1. The molecule has 4 nitrogen and oxygen atoms in total. The highest BCUT2D eigenvalue weighted by molar-refractivity contribution is 7.53. The van der Waals surface area contributed by atoms with E-state index in [1.54, 1.807) is 13.8 Å². The Bertz CT molecular complexity index is 496. The monoisotopic (exact) mass is 311 g/mol. The molecule has 0 radical (unpaired) electrons. The Hall–Kier alpha value is -0.960. The number of aliphatic imine (C=N–C) groups is 1. The molecule has 1 aromatic carbocycles. The zero-order chi connectivity index (χ0) is 15.9. The van der Waals surface area contributed by atoms with Crippen molar-refractivity contribution < 1.29 is 13.6 Å². The van der Waals surface area contributed by atoms with Gasteiger partial charge in [0.05, 0.1) is 13.2 Å². The van der Waals surface area contributed by atoms with Gasteiger partial charge in [0.2, 0.25) is 0 Å². The fourth-order valence-corrected chi connectivity index (χ4v) is 3.37. The Morgan fingerprint density at radius 2 is 1.62 bits per heavy atom. The number of rotatable bonds is 7. The molecule has 0 N–H and O–H groups in total. The Labute approximate surface area is 128 Å². The first-order valence-electron chi connectivity index (χ1n) is 7.31. The zero-order valence-electron chi connectivity index (χ0n) is 13.6. The van der Waals surface area contributed by atoms with Gasteiger partial charge in [0, 0.05) is 11.1 Å². The largest absolute Gasteiger partial charge is 0.351 e. The van der Waals surface area contributed by atoms with Crippen LogP contribution < -0.4 is 0 Å². The van der Waals surface area contributed by atoms with Crippen LogP contribution in [0, 0.1) is 5.41 Å². The Morgan fingerprint density at radius 1 is 1.10 bits per heavy atom. The molecule has 0 aliphatic heterocycles. The zero-order valence-corrected chi connectivity index (χ0v) is 14.5. The molecule has 0 amide bonds. The normalized spacial score (nSPS) is 13.5. The van der Waals surface area contributed by atoms with Crippen molar-refractivity contribution in [3.05, 3.63) is 35.9 Å². The van der Waals surface area contributed by atoms with Crippen LogP contribution in [-0.2, 0) is 13.6 Å². The second kappa shape index (κ2) is 7.88. The summed E-state index contributed by atoms with van der Waals surface area (Å²) >= 11 is 0. The third-order valence-electron chi connectivity index (χ3n) is 2.81. The summed E-state index contributed by atoms with van der Waals surface area (Å²) < 4.78 is 23.1. The molecule has 0 saturated heterocycles. The van der Waals surface area contributed by atoms with E-state index in [-0.39, 0.29) is 11.7 Å². The van der Waals surface area contributed by atoms with Gasteiger partial charge in [0.25, 0.3) is 0 Å². The molecule has 0 bridgehead atoms. The van der Waals surface area contributed by atoms with Crippen molar-refractivity contribution in [2.75, 3.05) is 19.5 Å². The second-order valence-corrected chi connectivity index (χ2v) is 7.73. The maximum Gasteiger partial charge on any atom is 0.351 e. The van der Waals surface area contributed by atoms with Crippen molar-refractivity contribution in [1.29, 1.82) is 0 Å². The van der Waals surface area contributed by atoms with Gasteiger partial charge < -0.3 is 9.05 Å². The second-order valence-electron chi connectivity index (χ2n) is 5.71. The van der Waals surface area contributed by atoms with Crippen LogP contribution in [0.4, 0.5) is 0 Å². The molecule has 5 heteroatoms. The van der Waals surface area contributed by atoms with Gasteiger partial charge in [-0.15, -0.1) is 0 Å². The lowest BCUT2D eigenvalue weighted by molar-refractivity contribution is 0.221. The van der Waals surface area contributed by atoms with E-state index in [1.807, 2.05) is 30.3 Å². The summed E-state index contributed by atoms with van der Waals surface area (Å²) in [7, 11) is -3.15. The van der Waals surface area contributed by atoms with Gasteiger partial charge in [-0.3, -0.25) is 9.56 Å². The lowest BCUT2D eigenvalue weighted by Gasteiger charge is -2.23. The van der Waals surface area contributed by atoms with Crippen molar-refractivity contribution in [2.45, 2.75) is 34.6 Å². The standard InChI is InChI=1S/C16H26NO3P/c1-6-19-21(18,20-7-2)13-17-15(16(3,4)5)14-11-9-8-10-12-14/h8-12H,6-7,13H2,1-5H3/b17-15-. The predicted octanol–water partition coefficient (Wildman–Crippen LogP) is 4.75. The van der Waals surface area contributed by atoms with E-state index in [2.05, 4.69) is 25.8 Å². The van der Waals surface area contributed by atoms with Crippen LogP contribution in [0.1, 0.15) is 40.2 Å². The molecule has 118 valence electrons. The minimum Gasteiger partial charge on any atom is -0.308 e. The molecule has 0 aromatic heterocycles. The fourth-order valence-electron chi connectivity index (χ4n) is 2.03. The molecule has 0 atom stereocenters. The van der Waals surface area contributed by atoms with Crippen LogP contribution in [0.5, 0.6) is 0 Å². The lowest BCUT2D eigenvalue weighted by atomic mass is 9.85. The van der Waals surface area contributed by atoms with Crippen LogP contribution in [0.3, 0.4) is 0 Å². The molecule has 21 heavy (non-hydrogen) atoms. The first-order chi connectivity index (χ1) is 9.82. The molecule has 0 saturated carbocycles. The van der Waals surface area contributed by atoms with E-state index < -0.39 is 7.60 Å². The quantitative estimate of drug-likeness (QED) is 0.539. The summed E-state index contributed by atoms with van der Waals surface area (Å²) in [5, 5.41) is 0. The highest BCUT2D eigenvalue weighted by Gasteiger charge is 2.26. The molecule has 0 fully saturated rings. The van der Waals surface area contributed by atoms with Crippen LogP contribution >= 0.6 is 7.60 Å². The van der Waals surface area contributed by atoms with Gasteiger partial charge in [-0.25, -0.2) is 0 Å². The van der Waals surface area contributed by atoms with Gasteiger partial charge in [-0.2, -0.15) is 0 Å². The Kier molecular flexibility index (Phi) is 6.79. The fraction of sp³-hybridized carbons (Fsp3) is 0.562. The summed E-state index contributed by atoms with van der Waals surface area (Å²) in [5.41, 5.74) is 1.79. The van der Waals surface area contributed by atoms with Gasteiger partial charge in [0.1, 0.15) is 6.29 Å².